The van der Waals surface area contributed by atoms with E-state index in [1.165, 1.54) is 11.5 Å². The van der Waals surface area contributed by atoms with E-state index in [0.29, 0.717) is 18.3 Å². The van der Waals surface area contributed by atoms with Gasteiger partial charge in [0.2, 0.25) is 0 Å². The first kappa shape index (κ1) is 12.6. The summed E-state index contributed by atoms with van der Waals surface area (Å²) >= 11 is 1.29. The Bertz CT molecular complexity index is 535. The van der Waals surface area contributed by atoms with E-state index in [1.54, 1.807) is 0 Å². The van der Waals surface area contributed by atoms with Crippen molar-refractivity contribution in [1.82, 2.24) is 25.0 Å². The Labute approximate surface area is 114 Å². The van der Waals surface area contributed by atoms with E-state index in [2.05, 4.69) is 32.0 Å². The Balaban J connectivity index is 1.81. The van der Waals surface area contributed by atoms with Crippen LogP contribution in [0.25, 0.3) is 10.8 Å². The fraction of sp³-hybridized carbons (Fsp3) is 0.636. The number of aromatic nitrogens is 4. The lowest BCUT2D eigenvalue weighted by Gasteiger charge is -2.20. The number of aryl methyl sites for hydroxylation is 1. The number of nitrogens with zero attached hydrogens (tertiary/aromatic N) is 4. The van der Waals surface area contributed by atoms with Crippen molar-refractivity contribution in [3.8, 4) is 10.8 Å². The van der Waals surface area contributed by atoms with Crippen LogP contribution in [0.1, 0.15) is 30.9 Å². The van der Waals surface area contributed by atoms with Crippen molar-refractivity contribution >= 4 is 11.5 Å². The van der Waals surface area contributed by atoms with Crippen LogP contribution >= 0.6 is 11.5 Å². The van der Waals surface area contributed by atoms with Gasteiger partial charge in [0, 0.05) is 6.54 Å². The summed E-state index contributed by atoms with van der Waals surface area (Å²) in [5, 5.41) is 11.4. The van der Waals surface area contributed by atoms with Gasteiger partial charge in [0.15, 0.2) is 5.82 Å². The molecule has 1 fully saturated rings. The number of hydrogen-bond donors (Lipinski definition) is 1. The molecule has 3 heterocycles. The highest BCUT2D eigenvalue weighted by molar-refractivity contribution is 7.09. The Hall–Kier alpha value is -1.38. The van der Waals surface area contributed by atoms with Crippen LogP contribution in [-0.2, 0) is 11.2 Å². The summed E-state index contributed by atoms with van der Waals surface area (Å²) < 4.78 is 14.7. The number of ether oxygens (including phenoxy) is 1. The predicted octanol–water partition coefficient (Wildman–Crippen LogP) is 1.20. The minimum Gasteiger partial charge on any atom is -0.378 e. The maximum Gasteiger partial charge on any atom is 0.271 e. The second kappa shape index (κ2) is 5.72. The summed E-state index contributed by atoms with van der Waals surface area (Å²) in [5.74, 6) is 1.13. The highest BCUT2D eigenvalue weighted by atomic mass is 32.1. The lowest BCUT2D eigenvalue weighted by molar-refractivity contribution is 0.0734. The van der Waals surface area contributed by atoms with Gasteiger partial charge in [-0.2, -0.15) is 4.98 Å². The van der Waals surface area contributed by atoms with Crippen molar-refractivity contribution < 1.29 is 9.26 Å². The second-order valence-corrected chi connectivity index (χ2v) is 5.09. The molecule has 3 rings (SSSR count). The van der Waals surface area contributed by atoms with Crippen LogP contribution in [0.4, 0.5) is 0 Å². The zero-order chi connectivity index (χ0) is 13.1. The molecule has 1 unspecified atom stereocenters. The van der Waals surface area contributed by atoms with Gasteiger partial charge >= 0.3 is 0 Å². The van der Waals surface area contributed by atoms with Crippen molar-refractivity contribution in [1.29, 1.82) is 0 Å². The number of morpholine rings is 1. The Morgan fingerprint density at radius 3 is 3.21 bits per heavy atom. The molecule has 1 saturated heterocycles. The molecule has 1 N–H and O–H groups in total. The predicted molar refractivity (Wildman–Crippen MR) is 68.8 cm³/mol. The lowest BCUT2D eigenvalue weighted by Crippen LogP contribution is -2.35. The molecular formula is C11H15N5O2S. The van der Waals surface area contributed by atoms with Gasteiger partial charge in [0.25, 0.3) is 5.89 Å². The standard InChI is InChI=1S/C11H15N5O2S/c1-2-3-7-9(19-16-14-7)11-13-10(15-18-11)8-6-17-5-4-12-8/h8,12H,2-6H2,1H3. The zero-order valence-electron chi connectivity index (χ0n) is 10.6. The minimum atomic E-state index is 0.00163. The van der Waals surface area contributed by atoms with Gasteiger partial charge in [-0.25, -0.2) is 0 Å². The Morgan fingerprint density at radius 2 is 2.42 bits per heavy atom. The Kier molecular flexibility index (Phi) is 3.81. The summed E-state index contributed by atoms with van der Waals surface area (Å²) in [6, 6.07) is 0.00163. The van der Waals surface area contributed by atoms with Crippen LogP contribution in [0.5, 0.6) is 0 Å². The normalized spacial score (nSPS) is 19.7. The molecular weight excluding hydrogens is 266 g/mol. The van der Waals surface area contributed by atoms with Crippen molar-refractivity contribution in [2.45, 2.75) is 25.8 Å². The first-order valence-corrected chi connectivity index (χ1v) is 7.12. The van der Waals surface area contributed by atoms with Gasteiger partial charge in [-0.05, 0) is 18.0 Å². The second-order valence-electron chi connectivity index (χ2n) is 4.34. The molecule has 0 radical (unpaired) electrons. The molecule has 7 nitrogen and oxygen atoms in total. The lowest BCUT2D eigenvalue weighted by atomic mass is 10.2. The van der Waals surface area contributed by atoms with Crippen molar-refractivity contribution in [2.75, 3.05) is 19.8 Å². The maximum absolute atomic E-state index is 5.39. The van der Waals surface area contributed by atoms with Gasteiger partial charge < -0.3 is 14.6 Å². The molecule has 2 aromatic heterocycles. The highest BCUT2D eigenvalue weighted by Crippen LogP contribution is 2.26. The topological polar surface area (TPSA) is 86.0 Å². The molecule has 8 heteroatoms. The first-order chi connectivity index (χ1) is 9.38. The fourth-order valence-corrected chi connectivity index (χ4v) is 2.60. The summed E-state index contributed by atoms with van der Waals surface area (Å²) in [7, 11) is 0. The van der Waals surface area contributed by atoms with Gasteiger partial charge in [-0.3, -0.25) is 0 Å². The van der Waals surface area contributed by atoms with E-state index in [-0.39, 0.29) is 6.04 Å². The molecule has 0 saturated carbocycles. The largest absolute Gasteiger partial charge is 0.378 e. The van der Waals surface area contributed by atoms with Gasteiger partial charge in [-0.15, -0.1) is 5.10 Å². The van der Waals surface area contributed by atoms with Crippen LogP contribution in [0.15, 0.2) is 4.52 Å². The third kappa shape index (κ3) is 2.65. The molecule has 1 aliphatic rings. The van der Waals surface area contributed by atoms with E-state index in [4.69, 9.17) is 9.26 Å². The summed E-state index contributed by atoms with van der Waals surface area (Å²) in [4.78, 5) is 5.30. The Morgan fingerprint density at radius 1 is 1.47 bits per heavy atom. The molecule has 1 atom stereocenters. The molecule has 2 aromatic rings. The molecule has 0 aromatic carbocycles. The fourth-order valence-electron chi connectivity index (χ4n) is 1.97. The molecule has 19 heavy (non-hydrogen) atoms. The third-order valence-corrected chi connectivity index (χ3v) is 3.67. The van der Waals surface area contributed by atoms with E-state index < -0.39 is 0 Å². The van der Waals surface area contributed by atoms with Crippen LogP contribution in [-0.4, -0.2) is 39.5 Å². The molecule has 1 aliphatic heterocycles. The first-order valence-electron chi connectivity index (χ1n) is 6.34. The number of rotatable bonds is 4. The monoisotopic (exact) mass is 281 g/mol. The van der Waals surface area contributed by atoms with Crippen LogP contribution in [0, 0.1) is 0 Å². The average Bonchev–Trinajstić information content (AvgIpc) is 3.08. The quantitative estimate of drug-likeness (QED) is 0.901. The van der Waals surface area contributed by atoms with Gasteiger partial charge in [0.1, 0.15) is 4.88 Å². The maximum atomic E-state index is 5.39. The van der Waals surface area contributed by atoms with E-state index in [9.17, 15) is 0 Å². The van der Waals surface area contributed by atoms with Crippen LogP contribution in [0.3, 0.4) is 0 Å². The van der Waals surface area contributed by atoms with E-state index in [0.717, 1.165) is 36.6 Å². The average molecular weight is 281 g/mol. The van der Waals surface area contributed by atoms with E-state index >= 15 is 0 Å². The van der Waals surface area contributed by atoms with Crippen molar-refractivity contribution in [3.63, 3.8) is 0 Å². The SMILES string of the molecule is CCCc1nnsc1-c1nc(C2COCCN2)no1. The molecule has 0 bridgehead atoms. The number of nitrogens with one attached hydrogen (secondary N) is 1. The van der Waals surface area contributed by atoms with Gasteiger partial charge in [-0.1, -0.05) is 23.0 Å². The molecule has 0 spiro atoms. The van der Waals surface area contributed by atoms with Crippen molar-refractivity contribution in [3.05, 3.63) is 11.5 Å². The molecule has 0 amide bonds. The summed E-state index contributed by atoms with van der Waals surface area (Å²) in [6.07, 6.45) is 1.88. The van der Waals surface area contributed by atoms with Gasteiger partial charge in [0.05, 0.1) is 24.9 Å². The van der Waals surface area contributed by atoms with Crippen molar-refractivity contribution in [2.24, 2.45) is 0 Å². The highest BCUT2D eigenvalue weighted by Gasteiger charge is 2.23. The molecule has 0 aliphatic carbocycles. The summed E-state index contributed by atoms with van der Waals surface area (Å²) in [5.41, 5.74) is 0.926. The smallest absolute Gasteiger partial charge is 0.271 e. The zero-order valence-corrected chi connectivity index (χ0v) is 11.4. The number of hydrogen-bond acceptors (Lipinski definition) is 8. The van der Waals surface area contributed by atoms with E-state index in [1.807, 2.05) is 0 Å². The minimum absolute atomic E-state index is 0.00163. The third-order valence-electron chi connectivity index (χ3n) is 2.91. The van der Waals surface area contributed by atoms with Crippen LogP contribution < -0.4 is 5.32 Å². The van der Waals surface area contributed by atoms with Crippen LogP contribution in [0.2, 0.25) is 0 Å². The molecule has 102 valence electrons. The summed E-state index contributed by atoms with van der Waals surface area (Å²) in [6.45, 7) is 4.20.